The van der Waals surface area contributed by atoms with E-state index in [4.69, 9.17) is 41.9 Å². The fourth-order valence-electron chi connectivity index (χ4n) is 9.06. The van der Waals surface area contributed by atoms with E-state index in [2.05, 4.69) is 20.9 Å². The Bertz CT molecular complexity index is 1920. The number of aromatic nitrogens is 3. The SMILES string of the molecule is CC.COc1nc(-c2c(C)c(Cl)cc(N)c2C=N)c(F)c2nc(OCC34CCCC3N(C3CC(C)(C#N)C3)CCC4)nc(N3CC(O)CO[C@@H](CO)C3)c12. The number of nitriles is 1. The molecular formula is C39H52ClFN8O5. The van der Waals surface area contributed by atoms with Gasteiger partial charge in [-0.2, -0.15) is 15.2 Å². The van der Waals surface area contributed by atoms with Crippen molar-refractivity contribution in [2.45, 2.75) is 96.9 Å². The smallest absolute Gasteiger partial charge is 0.319 e. The molecule has 3 aromatic rings. The third-order valence-corrected chi connectivity index (χ3v) is 12.1. The van der Waals surface area contributed by atoms with Crippen LogP contribution in [-0.2, 0) is 4.74 Å². The number of hydrogen-bond acceptors (Lipinski definition) is 13. The standard InChI is InChI=1S/C37H46ClFN8O5.C2H6/c1-20-25(38)10-26(42)24(13-40)28(20)31-30(39)32-29(34(43-31)50-3)33(46-14-22(49)17-51-23(15-46)16-48)45-35(44-32)52-19-37-7-4-6-27(37)47(9-5-8-37)21-11-36(2,12-21)18-41;1-2/h10,13,21-23,27,40,48-49H,4-9,11-12,14-17,19,42H2,1-3H3;1-2H3/t21?,22?,23-,27?,36?,37?;/m1./s1. The molecule has 54 heavy (non-hydrogen) atoms. The van der Waals surface area contributed by atoms with Crippen molar-refractivity contribution in [3.05, 3.63) is 28.0 Å². The molecule has 2 aliphatic heterocycles. The molecule has 4 aliphatic rings. The first-order valence-corrected chi connectivity index (χ1v) is 19.3. The number of methoxy groups -OCH3 is 1. The number of β-amino-alcohol motifs (C(OH)–C–C–N with tert-alkyl or cyclic N) is 1. The number of nitrogens with one attached hydrogen (secondary N) is 1. The van der Waals surface area contributed by atoms with Crippen LogP contribution in [0.2, 0.25) is 5.02 Å². The number of aliphatic hydroxyl groups excluding tert-OH is 2. The molecule has 5 N–H and O–H groups in total. The molecule has 2 aromatic heterocycles. The van der Waals surface area contributed by atoms with Crippen LogP contribution in [0.1, 0.15) is 76.8 Å². The third kappa shape index (κ3) is 7.17. The maximum Gasteiger partial charge on any atom is 0.319 e. The summed E-state index contributed by atoms with van der Waals surface area (Å²) in [6.45, 7) is 8.95. The van der Waals surface area contributed by atoms with Crippen molar-refractivity contribution in [2.75, 3.05) is 57.2 Å². The van der Waals surface area contributed by atoms with Crippen LogP contribution in [0.25, 0.3) is 22.2 Å². The Balaban J connectivity index is 0.00000245. The molecule has 2 aliphatic carbocycles. The quantitative estimate of drug-likeness (QED) is 0.155. The van der Waals surface area contributed by atoms with Crippen molar-refractivity contribution in [2.24, 2.45) is 10.8 Å². The number of anilines is 2. The molecule has 0 bridgehead atoms. The number of likely N-dealkylation sites (tertiary alicyclic amines) is 1. The molecule has 13 nitrogen and oxygen atoms in total. The van der Waals surface area contributed by atoms with Gasteiger partial charge in [0.2, 0.25) is 5.88 Å². The van der Waals surface area contributed by atoms with Crippen LogP contribution in [0.3, 0.4) is 0 Å². The number of aliphatic hydroxyl groups is 2. The second kappa shape index (κ2) is 16.1. The minimum absolute atomic E-state index is 0.00121. The van der Waals surface area contributed by atoms with Gasteiger partial charge in [-0.05, 0) is 70.5 Å². The van der Waals surface area contributed by atoms with Crippen LogP contribution in [0.4, 0.5) is 15.9 Å². The van der Waals surface area contributed by atoms with Gasteiger partial charge in [-0.15, -0.1) is 0 Å². The van der Waals surface area contributed by atoms with Crippen LogP contribution in [0, 0.1) is 40.3 Å². The summed E-state index contributed by atoms with van der Waals surface area (Å²) < 4.78 is 35.2. The van der Waals surface area contributed by atoms with E-state index in [0.29, 0.717) is 24.3 Å². The molecule has 292 valence electrons. The van der Waals surface area contributed by atoms with Gasteiger partial charge in [0, 0.05) is 58.6 Å². The van der Waals surface area contributed by atoms with E-state index < -0.39 is 18.0 Å². The van der Waals surface area contributed by atoms with Gasteiger partial charge in [0.25, 0.3) is 0 Å². The Hall–Kier alpha value is -3.87. The van der Waals surface area contributed by atoms with Crippen molar-refractivity contribution in [3.63, 3.8) is 0 Å². The lowest BCUT2D eigenvalue weighted by atomic mass is 9.65. The number of ether oxygens (including phenoxy) is 3. The Morgan fingerprint density at radius 2 is 1.96 bits per heavy atom. The number of nitrogens with zero attached hydrogens (tertiary/aromatic N) is 6. The highest BCUT2D eigenvalue weighted by Gasteiger charge is 2.54. The summed E-state index contributed by atoms with van der Waals surface area (Å²) in [5, 5.41) is 39.0. The van der Waals surface area contributed by atoms with E-state index in [9.17, 15) is 15.5 Å². The lowest BCUT2D eigenvalue weighted by Gasteiger charge is -2.54. The highest BCUT2D eigenvalue weighted by molar-refractivity contribution is 6.32. The average Bonchev–Trinajstić information content (AvgIpc) is 3.51. The highest BCUT2D eigenvalue weighted by atomic mass is 35.5. The fourth-order valence-corrected chi connectivity index (χ4v) is 9.27. The zero-order valence-electron chi connectivity index (χ0n) is 31.8. The second-order valence-electron chi connectivity index (χ2n) is 15.2. The molecule has 0 radical (unpaired) electrons. The van der Waals surface area contributed by atoms with Gasteiger partial charge >= 0.3 is 6.01 Å². The normalized spacial score (nSPS) is 28.3. The van der Waals surface area contributed by atoms with Crippen LogP contribution >= 0.6 is 11.6 Å². The summed E-state index contributed by atoms with van der Waals surface area (Å²) in [6, 6.07) is 4.62. The van der Waals surface area contributed by atoms with Gasteiger partial charge in [0.05, 0.1) is 50.6 Å². The Kier molecular flexibility index (Phi) is 11.9. The van der Waals surface area contributed by atoms with E-state index in [1.54, 1.807) is 11.8 Å². The van der Waals surface area contributed by atoms with E-state index in [-0.39, 0.29) is 93.3 Å². The van der Waals surface area contributed by atoms with Gasteiger partial charge in [-0.3, -0.25) is 4.90 Å². The van der Waals surface area contributed by atoms with Crippen LogP contribution in [0.15, 0.2) is 6.07 Å². The van der Waals surface area contributed by atoms with Gasteiger partial charge in [0.1, 0.15) is 22.4 Å². The first-order chi connectivity index (χ1) is 25.9. The van der Waals surface area contributed by atoms with Crippen molar-refractivity contribution >= 4 is 40.2 Å². The molecule has 0 spiro atoms. The first kappa shape index (κ1) is 39.8. The van der Waals surface area contributed by atoms with Gasteiger partial charge in [0.15, 0.2) is 5.82 Å². The molecule has 2 saturated carbocycles. The summed E-state index contributed by atoms with van der Waals surface area (Å²) in [4.78, 5) is 18.4. The highest BCUT2D eigenvalue weighted by Crippen LogP contribution is 2.53. The van der Waals surface area contributed by atoms with Crippen LogP contribution < -0.4 is 20.1 Å². The van der Waals surface area contributed by atoms with Gasteiger partial charge in [-0.25, -0.2) is 9.37 Å². The number of halogens is 2. The Morgan fingerprint density at radius 3 is 2.65 bits per heavy atom. The molecule has 2 saturated heterocycles. The maximum atomic E-state index is 17.2. The molecule has 1 aromatic carbocycles. The summed E-state index contributed by atoms with van der Waals surface area (Å²) in [7, 11) is 1.40. The summed E-state index contributed by atoms with van der Waals surface area (Å²) >= 11 is 6.51. The van der Waals surface area contributed by atoms with Crippen molar-refractivity contribution in [1.29, 1.82) is 10.7 Å². The lowest BCUT2D eigenvalue weighted by Crippen LogP contribution is -2.60. The lowest BCUT2D eigenvalue weighted by molar-refractivity contribution is -0.0629. The van der Waals surface area contributed by atoms with Crippen LogP contribution in [0.5, 0.6) is 11.9 Å². The monoisotopic (exact) mass is 766 g/mol. The summed E-state index contributed by atoms with van der Waals surface area (Å²) in [5.41, 5.74) is 6.67. The van der Waals surface area contributed by atoms with E-state index in [1.807, 2.05) is 20.8 Å². The second-order valence-corrected chi connectivity index (χ2v) is 15.6. The van der Waals surface area contributed by atoms with Crippen molar-refractivity contribution < 1.29 is 28.8 Å². The largest absolute Gasteiger partial charge is 0.480 e. The zero-order chi connectivity index (χ0) is 38.9. The molecule has 0 amide bonds. The number of hydrogen-bond donors (Lipinski definition) is 4. The minimum Gasteiger partial charge on any atom is -0.480 e. The fraction of sp³-hybridized carbons (Fsp3) is 0.615. The number of benzene rings is 1. The zero-order valence-corrected chi connectivity index (χ0v) is 32.5. The predicted molar refractivity (Wildman–Crippen MR) is 206 cm³/mol. The number of pyridine rings is 1. The van der Waals surface area contributed by atoms with Crippen molar-refractivity contribution in [1.82, 2.24) is 19.9 Å². The average molecular weight is 767 g/mol. The summed E-state index contributed by atoms with van der Waals surface area (Å²) in [5.74, 6) is -0.596. The minimum atomic E-state index is -0.929. The van der Waals surface area contributed by atoms with Crippen LogP contribution in [-0.4, -0.2) is 107 Å². The Morgan fingerprint density at radius 1 is 1.22 bits per heavy atom. The Labute approximate surface area is 321 Å². The number of piperidine rings is 1. The molecular weight excluding hydrogens is 715 g/mol. The maximum absolute atomic E-state index is 17.2. The number of fused-ring (bicyclic) bond motifs is 2. The third-order valence-electron chi connectivity index (χ3n) is 11.7. The number of rotatable bonds is 9. The van der Waals surface area contributed by atoms with Gasteiger partial charge in [-0.1, -0.05) is 31.9 Å². The molecule has 4 atom stereocenters. The molecule has 3 unspecified atom stereocenters. The first-order valence-electron chi connectivity index (χ1n) is 18.9. The summed E-state index contributed by atoms with van der Waals surface area (Å²) in [6.07, 6.45) is 6.25. The molecule has 4 fully saturated rings. The number of nitrogens with two attached hydrogens (primary N) is 1. The number of nitrogen functional groups attached to an aromatic ring is 1. The van der Waals surface area contributed by atoms with Gasteiger partial charge < -0.3 is 40.5 Å². The van der Waals surface area contributed by atoms with E-state index in [0.717, 1.165) is 57.7 Å². The van der Waals surface area contributed by atoms with E-state index >= 15 is 4.39 Å². The molecule has 4 heterocycles. The molecule has 15 heteroatoms. The predicted octanol–water partition coefficient (Wildman–Crippen LogP) is 5.67. The van der Waals surface area contributed by atoms with E-state index in [1.165, 1.54) is 13.2 Å². The topological polar surface area (TPSA) is 187 Å². The van der Waals surface area contributed by atoms with Crippen molar-refractivity contribution in [3.8, 4) is 29.2 Å². The molecule has 7 rings (SSSR count).